The quantitative estimate of drug-likeness (QED) is 0.597. The van der Waals surface area contributed by atoms with E-state index in [1.165, 1.54) is 23.9 Å². The third-order valence-electron chi connectivity index (χ3n) is 5.72. The Morgan fingerprint density at radius 3 is 2.63 bits per heavy atom. The summed E-state index contributed by atoms with van der Waals surface area (Å²) in [5, 5.41) is 22.4. The number of nitrogen functional groups attached to an aromatic ring is 1. The second-order valence-corrected chi connectivity index (χ2v) is 7.74. The van der Waals surface area contributed by atoms with Gasteiger partial charge in [0.2, 0.25) is 0 Å². The Morgan fingerprint density at radius 1 is 1.23 bits per heavy atom. The fraction of sp³-hybridized carbons (Fsp3) is 0.400. The van der Waals surface area contributed by atoms with Crippen LogP contribution in [0.25, 0.3) is 11.0 Å². The molecule has 7 nitrogen and oxygen atoms in total. The zero-order chi connectivity index (χ0) is 21.8. The molecular weight excluding hydrogens is 401 g/mol. The van der Waals surface area contributed by atoms with Crippen LogP contribution in [0.1, 0.15) is 43.5 Å². The number of hydrogen-bond acceptors (Lipinski definition) is 6. The van der Waals surface area contributed by atoms with Crippen LogP contribution >= 0.6 is 0 Å². The molecule has 160 valence electrons. The summed E-state index contributed by atoms with van der Waals surface area (Å²) >= 11 is 0. The lowest BCUT2D eigenvalue weighted by atomic mass is 9.83. The first kappa shape index (κ1) is 20.6. The molecular formula is C20H21F3N4O3. The van der Waals surface area contributed by atoms with E-state index in [1.807, 2.05) is 0 Å². The molecule has 4 N–H and O–H groups in total. The third-order valence-corrected chi connectivity index (χ3v) is 5.72. The summed E-state index contributed by atoms with van der Waals surface area (Å²) < 4.78 is 47.6. The van der Waals surface area contributed by atoms with Crippen LogP contribution < -0.4 is 5.73 Å². The SMILES string of the molecule is CC(c1cc(F)cc(C(F)F)c1)[C@H]1O[C@@H](n2ccc3c(N)ncnc32)[C@H](O)[C@]1(C)O. The molecule has 0 bridgehead atoms. The Morgan fingerprint density at radius 2 is 1.93 bits per heavy atom. The predicted octanol–water partition coefficient (Wildman–Crippen LogP) is 2.90. The number of nitrogens with two attached hydrogens (primary N) is 1. The van der Waals surface area contributed by atoms with Crippen LogP contribution in [0.2, 0.25) is 0 Å². The van der Waals surface area contributed by atoms with E-state index in [0.717, 1.165) is 12.1 Å². The van der Waals surface area contributed by atoms with Crippen molar-refractivity contribution in [3.05, 3.63) is 53.7 Å². The van der Waals surface area contributed by atoms with Crippen LogP contribution in [0.15, 0.2) is 36.8 Å². The average molecular weight is 422 g/mol. The van der Waals surface area contributed by atoms with E-state index in [0.29, 0.717) is 11.0 Å². The number of aliphatic hydroxyl groups is 2. The standard InChI is InChI=1S/C20H21F3N4O3/c1-9(10-5-11(16(22)23)7-12(21)6-10)15-20(2,29)14(28)19(30-15)27-4-3-13-17(24)25-8-26-18(13)27/h3-9,14-16,19,28-29H,1-2H3,(H2,24,25,26)/t9?,14-,15+,19+,20-/m0/s1. The van der Waals surface area contributed by atoms with Crippen molar-refractivity contribution in [3.63, 3.8) is 0 Å². The maximum atomic E-state index is 13.9. The highest BCUT2D eigenvalue weighted by molar-refractivity contribution is 5.86. The second kappa shape index (κ2) is 7.22. The third kappa shape index (κ3) is 3.21. The zero-order valence-corrected chi connectivity index (χ0v) is 16.2. The number of nitrogens with zero attached hydrogens (tertiary/aromatic N) is 3. The number of alkyl halides is 2. The van der Waals surface area contributed by atoms with Crippen molar-refractivity contribution in [2.45, 2.75) is 50.2 Å². The van der Waals surface area contributed by atoms with Crippen LogP contribution in [0, 0.1) is 5.82 Å². The van der Waals surface area contributed by atoms with Crippen molar-refractivity contribution < 1.29 is 28.1 Å². The van der Waals surface area contributed by atoms with Gasteiger partial charge in [0.15, 0.2) is 6.23 Å². The molecule has 0 spiro atoms. The second-order valence-electron chi connectivity index (χ2n) is 7.74. The summed E-state index contributed by atoms with van der Waals surface area (Å²) in [4.78, 5) is 8.08. The summed E-state index contributed by atoms with van der Waals surface area (Å²) in [5.41, 5.74) is 4.26. The summed E-state index contributed by atoms with van der Waals surface area (Å²) in [6, 6.07) is 4.72. The topological polar surface area (TPSA) is 106 Å². The summed E-state index contributed by atoms with van der Waals surface area (Å²) in [7, 11) is 0. The van der Waals surface area contributed by atoms with E-state index in [-0.39, 0.29) is 11.4 Å². The van der Waals surface area contributed by atoms with Gasteiger partial charge in [-0.05, 0) is 36.8 Å². The zero-order valence-electron chi connectivity index (χ0n) is 16.2. The lowest BCUT2D eigenvalue weighted by Gasteiger charge is -2.31. The van der Waals surface area contributed by atoms with E-state index in [9.17, 15) is 23.4 Å². The lowest BCUT2D eigenvalue weighted by Crippen LogP contribution is -2.46. The normalized spacial score (nSPS) is 27.8. The van der Waals surface area contributed by atoms with E-state index in [2.05, 4.69) is 9.97 Å². The van der Waals surface area contributed by atoms with E-state index in [1.54, 1.807) is 19.2 Å². The summed E-state index contributed by atoms with van der Waals surface area (Å²) in [5.74, 6) is -1.26. The van der Waals surface area contributed by atoms with Gasteiger partial charge in [-0.25, -0.2) is 23.1 Å². The molecule has 0 radical (unpaired) electrons. The molecule has 1 fully saturated rings. The molecule has 4 rings (SSSR count). The van der Waals surface area contributed by atoms with Crippen molar-refractivity contribution >= 4 is 16.9 Å². The number of aromatic nitrogens is 3. The summed E-state index contributed by atoms with van der Waals surface area (Å²) in [6.45, 7) is 3.01. The van der Waals surface area contributed by atoms with Crippen molar-refractivity contribution in [1.82, 2.24) is 14.5 Å². The molecule has 0 aliphatic carbocycles. The van der Waals surface area contributed by atoms with Gasteiger partial charge in [-0.2, -0.15) is 0 Å². The molecule has 1 aromatic carbocycles. The highest BCUT2D eigenvalue weighted by atomic mass is 19.3. The Bertz CT molecular complexity index is 1090. The molecule has 3 heterocycles. The van der Waals surface area contributed by atoms with Crippen LogP contribution in [-0.4, -0.2) is 42.6 Å². The van der Waals surface area contributed by atoms with Gasteiger partial charge in [0, 0.05) is 17.7 Å². The summed E-state index contributed by atoms with van der Waals surface area (Å²) in [6.07, 6.45) is -3.38. The van der Waals surface area contributed by atoms with Gasteiger partial charge in [0.05, 0.1) is 11.5 Å². The van der Waals surface area contributed by atoms with Gasteiger partial charge < -0.3 is 25.3 Å². The number of aliphatic hydroxyl groups excluding tert-OH is 1. The number of fused-ring (bicyclic) bond motifs is 1. The first-order valence-electron chi connectivity index (χ1n) is 9.32. The van der Waals surface area contributed by atoms with Crippen LogP contribution in [-0.2, 0) is 4.74 Å². The monoisotopic (exact) mass is 422 g/mol. The van der Waals surface area contributed by atoms with Gasteiger partial charge in [0.1, 0.15) is 35.3 Å². The highest BCUT2D eigenvalue weighted by Crippen LogP contribution is 2.44. The number of rotatable bonds is 4. The average Bonchev–Trinajstić information content (AvgIpc) is 3.21. The predicted molar refractivity (Wildman–Crippen MR) is 102 cm³/mol. The number of anilines is 1. The molecule has 5 atom stereocenters. The fourth-order valence-electron chi connectivity index (χ4n) is 4.06. The number of hydrogen-bond donors (Lipinski definition) is 3. The Kier molecular flexibility index (Phi) is 4.95. The minimum absolute atomic E-state index is 0.229. The van der Waals surface area contributed by atoms with Gasteiger partial charge >= 0.3 is 0 Å². The molecule has 0 amide bonds. The highest BCUT2D eigenvalue weighted by Gasteiger charge is 2.55. The first-order chi connectivity index (χ1) is 14.1. The van der Waals surface area contributed by atoms with Crippen LogP contribution in [0.5, 0.6) is 0 Å². The molecule has 30 heavy (non-hydrogen) atoms. The maximum absolute atomic E-state index is 13.9. The molecule has 0 saturated carbocycles. The van der Waals surface area contributed by atoms with Crippen LogP contribution in [0.4, 0.5) is 19.0 Å². The largest absolute Gasteiger partial charge is 0.385 e. The smallest absolute Gasteiger partial charge is 0.263 e. The Labute approximate surface area is 169 Å². The molecule has 1 saturated heterocycles. The molecule has 1 aliphatic heterocycles. The molecule has 1 aliphatic rings. The van der Waals surface area contributed by atoms with Gasteiger partial charge in [0.25, 0.3) is 6.43 Å². The first-order valence-corrected chi connectivity index (χ1v) is 9.32. The Hall–Kier alpha value is -2.69. The van der Waals surface area contributed by atoms with Gasteiger partial charge in [-0.3, -0.25) is 0 Å². The molecule has 10 heteroatoms. The van der Waals surface area contributed by atoms with Crippen molar-refractivity contribution in [3.8, 4) is 0 Å². The van der Waals surface area contributed by atoms with Gasteiger partial charge in [-0.1, -0.05) is 6.92 Å². The van der Waals surface area contributed by atoms with Crippen molar-refractivity contribution in [2.75, 3.05) is 5.73 Å². The molecule has 1 unspecified atom stereocenters. The van der Waals surface area contributed by atoms with Gasteiger partial charge in [-0.15, -0.1) is 0 Å². The fourth-order valence-corrected chi connectivity index (χ4v) is 4.06. The lowest BCUT2D eigenvalue weighted by molar-refractivity contribution is -0.0705. The number of ether oxygens (including phenoxy) is 1. The van der Waals surface area contributed by atoms with E-state index in [4.69, 9.17) is 10.5 Å². The number of halogens is 3. The van der Waals surface area contributed by atoms with Crippen molar-refractivity contribution in [2.24, 2.45) is 0 Å². The molecule has 3 aromatic rings. The minimum Gasteiger partial charge on any atom is -0.385 e. The molecule has 2 aromatic heterocycles. The maximum Gasteiger partial charge on any atom is 0.263 e. The van der Waals surface area contributed by atoms with Crippen molar-refractivity contribution in [1.29, 1.82) is 0 Å². The van der Waals surface area contributed by atoms with E-state index >= 15 is 0 Å². The van der Waals surface area contributed by atoms with E-state index < -0.39 is 47.8 Å². The van der Waals surface area contributed by atoms with Crippen LogP contribution in [0.3, 0.4) is 0 Å². The minimum atomic E-state index is -2.84. The number of benzene rings is 1. The Balaban J connectivity index is 1.71.